The van der Waals surface area contributed by atoms with E-state index in [1.807, 2.05) is 25.6 Å². The molecule has 6 nitrogen and oxygen atoms in total. The highest BCUT2D eigenvalue weighted by Gasteiger charge is 2.10. The summed E-state index contributed by atoms with van der Waals surface area (Å²) in [7, 11) is 3.59. The zero-order valence-corrected chi connectivity index (χ0v) is 13.8. The number of halogens is 1. The van der Waals surface area contributed by atoms with Crippen LogP contribution in [-0.2, 0) is 20.1 Å². The number of guanidine groups is 1. The molecular formula is C16H22FN5O. The van der Waals surface area contributed by atoms with Gasteiger partial charge in [0.2, 0.25) is 0 Å². The maximum absolute atomic E-state index is 13.3. The second-order valence-electron chi connectivity index (χ2n) is 5.34. The van der Waals surface area contributed by atoms with Gasteiger partial charge < -0.3 is 15.7 Å². The number of phenols is 1. The average Bonchev–Trinajstić information content (AvgIpc) is 2.76. The van der Waals surface area contributed by atoms with Gasteiger partial charge in [0.1, 0.15) is 0 Å². The Kier molecular flexibility index (Phi) is 5.20. The summed E-state index contributed by atoms with van der Waals surface area (Å²) in [5.41, 5.74) is 3.93. The minimum absolute atomic E-state index is 0.348. The third kappa shape index (κ3) is 4.00. The van der Waals surface area contributed by atoms with E-state index in [1.165, 1.54) is 12.1 Å². The van der Waals surface area contributed by atoms with Crippen LogP contribution in [0.2, 0.25) is 0 Å². The number of benzene rings is 1. The summed E-state index contributed by atoms with van der Waals surface area (Å²) in [5.74, 6) is -0.367. The van der Waals surface area contributed by atoms with Crippen LogP contribution in [0.3, 0.4) is 0 Å². The molecule has 0 aliphatic heterocycles. The summed E-state index contributed by atoms with van der Waals surface area (Å²) in [6.45, 7) is 5.00. The summed E-state index contributed by atoms with van der Waals surface area (Å²) in [4.78, 5) is 4.15. The Morgan fingerprint density at radius 3 is 2.57 bits per heavy atom. The molecule has 0 unspecified atom stereocenters. The van der Waals surface area contributed by atoms with E-state index >= 15 is 0 Å². The molecule has 1 aromatic carbocycles. The number of phenolic OH excluding ortho intramolecular Hbond substituents is 1. The standard InChI is InChI=1S/C16H22FN5O/c1-10-13(11(2)22(4)21-10)9-20-16(18-3)19-8-12-5-6-15(23)14(17)7-12/h5-7,23H,8-9H2,1-4H3,(H2,18,19,20). The van der Waals surface area contributed by atoms with Gasteiger partial charge in [-0.2, -0.15) is 5.10 Å². The highest BCUT2D eigenvalue weighted by Crippen LogP contribution is 2.16. The molecular weight excluding hydrogens is 297 g/mol. The predicted octanol–water partition coefficient (Wildman–Crippen LogP) is 1.75. The van der Waals surface area contributed by atoms with E-state index in [2.05, 4.69) is 20.7 Å². The fourth-order valence-electron chi connectivity index (χ4n) is 2.31. The molecule has 0 spiro atoms. The van der Waals surface area contributed by atoms with E-state index < -0.39 is 5.82 Å². The van der Waals surface area contributed by atoms with Crippen LogP contribution in [0.4, 0.5) is 4.39 Å². The topological polar surface area (TPSA) is 74.5 Å². The summed E-state index contributed by atoms with van der Waals surface area (Å²) in [6.07, 6.45) is 0. The third-order valence-electron chi connectivity index (χ3n) is 3.79. The molecule has 124 valence electrons. The van der Waals surface area contributed by atoms with Gasteiger partial charge in [0.25, 0.3) is 0 Å². The van der Waals surface area contributed by atoms with Crippen molar-refractivity contribution >= 4 is 5.96 Å². The van der Waals surface area contributed by atoms with Gasteiger partial charge in [0.15, 0.2) is 17.5 Å². The van der Waals surface area contributed by atoms with Crippen LogP contribution < -0.4 is 10.6 Å². The van der Waals surface area contributed by atoms with Crippen LogP contribution >= 0.6 is 0 Å². The molecule has 0 aliphatic rings. The number of aryl methyl sites for hydroxylation is 2. The number of aliphatic imine (C=N–C) groups is 1. The second kappa shape index (κ2) is 7.13. The minimum atomic E-state index is -0.631. The van der Waals surface area contributed by atoms with Crippen LogP contribution in [-0.4, -0.2) is 27.9 Å². The molecule has 0 saturated carbocycles. The Labute approximate surface area is 135 Å². The highest BCUT2D eigenvalue weighted by atomic mass is 19.1. The lowest BCUT2D eigenvalue weighted by Gasteiger charge is -2.12. The number of hydrogen-bond acceptors (Lipinski definition) is 3. The Hall–Kier alpha value is -2.57. The number of rotatable bonds is 4. The van der Waals surface area contributed by atoms with Crippen LogP contribution in [0.25, 0.3) is 0 Å². The fourth-order valence-corrected chi connectivity index (χ4v) is 2.31. The number of hydrogen-bond donors (Lipinski definition) is 3. The van der Waals surface area contributed by atoms with Gasteiger partial charge in [-0.25, -0.2) is 4.39 Å². The highest BCUT2D eigenvalue weighted by molar-refractivity contribution is 5.79. The summed E-state index contributed by atoms with van der Waals surface area (Å²) >= 11 is 0. The van der Waals surface area contributed by atoms with Crippen molar-refractivity contribution in [3.63, 3.8) is 0 Å². The van der Waals surface area contributed by atoms with E-state index in [0.29, 0.717) is 19.0 Å². The van der Waals surface area contributed by atoms with E-state index in [9.17, 15) is 9.50 Å². The number of aromatic nitrogens is 2. The van der Waals surface area contributed by atoms with E-state index in [0.717, 1.165) is 22.5 Å². The Balaban J connectivity index is 1.94. The average molecular weight is 319 g/mol. The molecule has 1 heterocycles. The molecule has 7 heteroatoms. The normalized spacial score (nSPS) is 11.6. The molecule has 3 N–H and O–H groups in total. The Bertz CT molecular complexity index is 724. The SMILES string of the molecule is CN=C(NCc1ccc(O)c(F)c1)NCc1c(C)nn(C)c1C. The fraction of sp³-hybridized carbons (Fsp3) is 0.375. The first-order chi connectivity index (χ1) is 10.9. The van der Waals surface area contributed by atoms with Gasteiger partial charge >= 0.3 is 0 Å². The third-order valence-corrected chi connectivity index (χ3v) is 3.79. The van der Waals surface area contributed by atoms with Gasteiger partial charge in [-0.05, 0) is 31.5 Å². The number of nitrogens with zero attached hydrogens (tertiary/aromatic N) is 3. The second-order valence-corrected chi connectivity index (χ2v) is 5.34. The van der Waals surface area contributed by atoms with Crippen molar-refractivity contribution < 1.29 is 9.50 Å². The summed E-state index contributed by atoms with van der Waals surface area (Å²) < 4.78 is 15.2. The van der Waals surface area contributed by atoms with E-state index in [-0.39, 0.29) is 5.75 Å². The summed E-state index contributed by atoms with van der Waals surface area (Å²) in [5, 5.41) is 19.9. The van der Waals surface area contributed by atoms with Crippen molar-refractivity contribution in [2.24, 2.45) is 12.0 Å². The lowest BCUT2D eigenvalue weighted by molar-refractivity contribution is 0.431. The van der Waals surface area contributed by atoms with Crippen molar-refractivity contribution in [2.75, 3.05) is 7.05 Å². The van der Waals surface area contributed by atoms with Crippen molar-refractivity contribution in [1.29, 1.82) is 0 Å². The molecule has 1 aromatic heterocycles. The van der Waals surface area contributed by atoms with Crippen molar-refractivity contribution in [3.05, 3.63) is 46.5 Å². The zero-order chi connectivity index (χ0) is 17.0. The van der Waals surface area contributed by atoms with Gasteiger partial charge in [-0.15, -0.1) is 0 Å². The molecule has 23 heavy (non-hydrogen) atoms. The maximum Gasteiger partial charge on any atom is 0.191 e. The van der Waals surface area contributed by atoms with Crippen LogP contribution in [0, 0.1) is 19.7 Å². The molecule has 0 bridgehead atoms. The molecule has 0 amide bonds. The molecule has 0 fully saturated rings. The first-order valence-corrected chi connectivity index (χ1v) is 7.33. The summed E-state index contributed by atoms with van der Waals surface area (Å²) in [6, 6.07) is 4.30. The van der Waals surface area contributed by atoms with Gasteiger partial charge in [0.05, 0.1) is 5.69 Å². The van der Waals surface area contributed by atoms with E-state index in [1.54, 1.807) is 13.1 Å². The van der Waals surface area contributed by atoms with Crippen LogP contribution in [0.1, 0.15) is 22.5 Å². The van der Waals surface area contributed by atoms with E-state index in [4.69, 9.17) is 0 Å². The lowest BCUT2D eigenvalue weighted by Crippen LogP contribution is -2.36. The first-order valence-electron chi connectivity index (χ1n) is 7.33. The van der Waals surface area contributed by atoms with Gasteiger partial charge in [-0.3, -0.25) is 9.67 Å². The number of nitrogens with one attached hydrogen (secondary N) is 2. The van der Waals surface area contributed by atoms with Gasteiger partial charge in [0, 0.05) is 38.4 Å². The number of aromatic hydroxyl groups is 1. The predicted molar refractivity (Wildman–Crippen MR) is 87.8 cm³/mol. The zero-order valence-electron chi connectivity index (χ0n) is 13.8. The molecule has 0 atom stereocenters. The largest absolute Gasteiger partial charge is 0.505 e. The van der Waals surface area contributed by atoms with Crippen molar-refractivity contribution in [3.8, 4) is 5.75 Å². The first kappa shape index (κ1) is 16.8. The lowest BCUT2D eigenvalue weighted by atomic mass is 10.2. The molecule has 2 rings (SSSR count). The smallest absolute Gasteiger partial charge is 0.191 e. The molecule has 0 saturated heterocycles. The minimum Gasteiger partial charge on any atom is -0.505 e. The molecule has 0 radical (unpaired) electrons. The molecule has 0 aliphatic carbocycles. The monoisotopic (exact) mass is 319 g/mol. The van der Waals surface area contributed by atoms with Crippen molar-refractivity contribution in [2.45, 2.75) is 26.9 Å². The Morgan fingerprint density at radius 1 is 1.30 bits per heavy atom. The Morgan fingerprint density at radius 2 is 2.00 bits per heavy atom. The quantitative estimate of drug-likeness (QED) is 0.593. The van der Waals surface area contributed by atoms with Gasteiger partial charge in [-0.1, -0.05) is 6.07 Å². The maximum atomic E-state index is 13.3. The molecule has 2 aromatic rings. The van der Waals surface area contributed by atoms with Crippen LogP contribution in [0.15, 0.2) is 23.2 Å². The van der Waals surface area contributed by atoms with Crippen LogP contribution in [0.5, 0.6) is 5.75 Å². The van der Waals surface area contributed by atoms with Crippen molar-refractivity contribution in [1.82, 2.24) is 20.4 Å².